The van der Waals surface area contributed by atoms with Crippen molar-refractivity contribution in [3.8, 4) is 0 Å². The van der Waals surface area contributed by atoms with E-state index < -0.39 is 0 Å². The quantitative estimate of drug-likeness (QED) is 0.730. The van der Waals surface area contributed by atoms with Crippen LogP contribution in [0.2, 0.25) is 5.02 Å². The summed E-state index contributed by atoms with van der Waals surface area (Å²) in [4.78, 5) is 25.5. The number of anilines is 1. The van der Waals surface area contributed by atoms with Crippen LogP contribution in [0, 0.1) is 6.92 Å². The first-order valence-corrected chi connectivity index (χ1v) is 9.85. The second kappa shape index (κ2) is 7.21. The Balaban J connectivity index is 1.62. The summed E-state index contributed by atoms with van der Waals surface area (Å²) in [6.45, 7) is 4.40. The number of amides is 1. The normalized spacial score (nSPS) is 14.2. The lowest BCUT2D eigenvalue weighted by Gasteiger charge is -2.17. The second-order valence-electron chi connectivity index (χ2n) is 6.40. The van der Waals surface area contributed by atoms with Gasteiger partial charge in [-0.3, -0.25) is 4.79 Å². The van der Waals surface area contributed by atoms with Crippen LogP contribution in [0.1, 0.15) is 33.6 Å². The van der Waals surface area contributed by atoms with Gasteiger partial charge in [0.1, 0.15) is 17.0 Å². The first kappa shape index (κ1) is 17.2. The highest BCUT2D eigenvalue weighted by Gasteiger charge is 2.23. The van der Waals surface area contributed by atoms with Crippen molar-refractivity contribution >= 4 is 44.9 Å². The fraction of sp³-hybridized carbons (Fsp3) is 0.316. The maximum absolute atomic E-state index is 12.7. The number of nitrogens with one attached hydrogen (secondary N) is 1. The zero-order valence-electron chi connectivity index (χ0n) is 14.5. The number of carbonyl (C=O) groups excluding carboxylic acids is 1. The number of thiophene rings is 1. The molecule has 3 aromatic rings. The van der Waals surface area contributed by atoms with Gasteiger partial charge in [0.15, 0.2) is 0 Å². The molecule has 134 valence electrons. The maximum atomic E-state index is 12.7. The van der Waals surface area contributed by atoms with E-state index in [9.17, 15) is 4.79 Å². The zero-order valence-corrected chi connectivity index (χ0v) is 16.0. The Bertz CT molecular complexity index is 965. The summed E-state index contributed by atoms with van der Waals surface area (Å²) in [6, 6.07) is 7.53. The molecule has 0 spiro atoms. The molecule has 1 N–H and O–H groups in total. The number of benzene rings is 1. The van der Waals surface area contributed by atoms with E-state index in [1.807, 2.05) is 31.2 Å². The van der Waals surface area contributed by atoms with Gasteiger partial charge in [-0.25, -0.2) is 9.97 Å². The van der Waals surface area contributed by atoms with E-state index in [4.69, 9.17) is 11.6 Å². The summed E-state index contributed by atoms with van der Waals surface area (Å²) in [6.07, 6.45) is 3.96. The van der Waals surface area contributed by atoms with Gasteiger partial charge in [-0.1, -0.05) is 29.8 Å². The number of nitrogens with zero attached hydrogens (tertiary/aromatic N) is 3. The van der Waals surface area contributed by atoms with Crippen molar-refractivity contribution in [2.24, 2.45) is 0 Å². The lowest BCUT2D eigenvalue weighted by atomic mass is 10.2. The predicted molar refractivity (Wildman–Crippen MR) is 106 cm³/mol. The zero-order chi connectivity index (χ0) is 18.1. The monoisotopic (exact) mass is 386 g/mol. The molecule has 4 rings (SSSR count). The molecule has 1 amide bonds. The smallest absolute Gasteiger partial charge is 0.261 e. The molecule has 0 aliphatic carbocycles. The van der Waals surface area contributed by atoms with Crippen LogP contribution < -0.4 is 10.2 Å². The molecule has 1 fully saturated rings. The summed E-state index contributed by atoms with van der Waals surface area (Å²) in [5.74, 6) is 0.851. The average molecular weight is 387 g/mol. The van der Waals surface area contributed by atoms with Gasteiger partial charge in [-0.05, 0) is 37.0 Å². The van der Waals surface area contributed by atoms with Gasteiger partial charge in [0, 0.05) is 24.7 Å². The van der Waals surface area contributed by atoms with Crippen molar-refractivity contribution in [1.82, 2.24) is 15.3 Å². The molecule has 1 aliphatic rings. The van der Waals surface area contributed by atoms with E-state index in [1.54, 1.807) is 6.33 Å². The SMILES string of the molecule is Cc1c(C(=O)NCc2ccccc2Cl)sc2ncnc(N3CCCC3)c12. The van der Waals surface area contributed by atoms with E-state index in [0.717, 1.165) is 40.3 Å². The van der Waals surface area contributed by atoms with Crippen molar-refractivity contribution in [1.29, 1.82) is 0 Å². The van der Waals surface area contributed by atoms with Crippen LogP contribution in [0.15, 0.2) is 30.6 Å². The van der Waals surface area contributed by atoms with Crippen molar-refractivity contribution in [2.75, 3.05) is 18.0 Å². The standard InChI is InChI=1S/C19H19ClN4OS/c1-12-15-17(24-8-4-5-9-24)22-11-23-19(15)26-16(12)18(25)21-10-13-6-2-3-7-14(13)20/h2-3,6-7,11H,4-5,8-10H2,1H3,(H,21,25). The molecule has 2 aromatic heterocycles. The summed E-state index contributed by atoms with van der Waals surface area (Å²) < 4.78 is 0. The molecule has 0 atom stereocenters. The van der Waals surface area contributed by atoms with E-state index in [0.29, 0.717) is 16.4 Å². The highest BCUT2D eigenvalue weighted by molar-refractivity contribution is 7.20. The lowest BCUT2D eigenvalue weighted by molar-refractivity contribution is 0.0954. The summed E-state index contributed by atoms with van der Waals surface area (Å²) in [5.41, 5.74) is 1.85. The molecule has 5 nitrogen and oxygen atoms in total. The molecule has 0 bridgehead atoms. The van der Waals surface area contributed by atoms with Gasteiger partial charge in [0.25, 0.3) is 5.91 Å². The molecular formula is C19H19ClN4OS. The Labute approximate surface area is 161 Å². The third-order valence-electron chi connectivity index (χ3n) is 4.72. The van der Waals surface area contributed by atoms with E-state index in [1.165, 1.54) is 24.2 Å². The molecule has 1 saturated heterocycles. The van der Waals surface area contributed by atoms with Crippen molar-refractivity contribution in [3.05, 3.63) is 51.6 Å². The minimum Gasteiger partial charge on any atom is -0.356 e. The molecule has 0 radical (unpaired) electrons. The molecule has 7 heteroatoms. The highest BCUT2D eigenvalue weighted by Crippen LogP contribution is 2.35. The first-order chi connectivity index (χ1) is 12.6. The number of hydrogen-bond acceptors (Lipinski definition) is 5. The Hall–Kier alpha value is -2.18. The van der Waals surface area contributed by atoms with E-state index in [2.05, 4.69) is 20.2 Å². The number of aryl methyl sites for hydroxylation is 1. The highest BCUT2D eigenvalue weighted by atomic mass is 35.5. The van der Waals surface area contributed by atoms with Gasteiger partial charge < -0.3 is 10.2 Å². The third kappa shape index (κ3) is 3.15. The van der Waals surface area contributed by atoms with Crippen molar-refractivity contribution in [2.45, 2.75) is 26.3 Å². The Morgan fingerprint density at radius 2 is 2.04 bits per heavy atom. The van der Waals surface area contributed by atoms with Gasteiger partial charge in [-0.2, -0.15) is 0 Å². The van der Waals surface area contributed by atoms with E-state index >= 15 is 0 Å². The van der Waals surface area contributed by atoms with Crippen LogP contribution in [0.3, 0.4) is 0 Å². The van der Waals surface area contributed by atoms with Crippen LogP contribution in [-0.4, -0.2) is 29.0 Å². The van der Waals surface area contributed by atoms with Crippen LogP contribution >= 0.6 is 22.9 Å². The molecule has 26 heavy (non-hydrogen) atoms. The first-order valence-electron chi connectivity index (χ1n) is 8.66. The fourth-order valence-electron chi connectivity index (χ4n) is 3.34. The van der Waals surface area contributed by atoms with Crippen molar-refractivity contribution < 1.29 is 4.79 Å². The van der Waals surface area contributed by atoms with Crippen LogP contribution in [-0.2, 0) is 6.54 Å². The molecule has 0 unspecified atom stereocenters. The van der Waals surface area contributed by atoms with Crippen molar-refractivity contribution in [3.63, 3.8) is 0 Å². The van der Waals surface area contributed by atoms with Gasteiger partial charge in [-0.15, -0.1) is 11.3 Å². The second-order valence-corrected chi connectivity index (χ2v) is 7.81. The lowest BCUT2D eigenvalue weighted by Crippen LogP contribution is -2.22. The minimum atomic E-state index is -0.0993. The topological polar surface area (TPSA) is 58.1 Å². The average Bonchev–Trinajstić information content (AvgIpc) is 3.29. The number of rotatable bonds is 4. The third-order valence-corrected chi connectivity index (χ3v) is 6.28. The number of aromatic nitrogens is 2. The Morgan fingerprint density at radius 3 is 2.81 bits per heavy atom. The number of carbonyl (C=O) groups is 1. The van der Waals surface area contributed by atoms with Crippen LogP contribution in [0.4, 0.5) is 5.82 Å². The van der Waals surface area contributed by atoms with Crippen LogP contribution in [0.5, 0.6) is 0 Å². The maximum Gasteiger partial charge on any atom is 0.261 e. The predicted octanol–water partition coefficient (Wildman–Crippen LogP) is 4.18. The molecule has 1 aliphatic heterocycles. The van der Waals surface area contributed by atoms with Crippen LogP contribution in [0.25, 0.3) is 10.2 Å². The molecule has 3 heterocycles. The molecule has 1 aromatic carbocycles. The number of hydrogen-bond donors (Lipinski definition) is 1. The molecular weight excluding hydrogens is 368 g/mol. The van der Waals surface area contributed by atoms with Gasteiger partial charge in [0.05, 0.1) is 10.3 Å². The Morgan fingerprint density at radius 1 is 1.27 bits per heavy atom. The minimum absolute atomic E-state index is 0.0993. The number of fused-ring (bicyclic) bond motifs is 1. The summed E-state index contributed by atoms with van der Waals surface area (Å²) >= 11 is 7.59. The summed E-state index contributed by atoms with van der Waals surface area (Å²) in [5, 5.41) is 4.63. The Kier molecular flexibility index (Phi) is 4.78. The molecule has 0 saturated carbocycles. The number of halogens is 1. The van der Waals surface area contributed by atoms with E-state index in [-0.39, 0.29) is 5.91 Å². The fourth-order valence-corrected chi connectivity index (χ4v) is 4.60. The largest absolute Gasteiger partial charge is 0.356 e. The van der Waals surface area contributed by atoms with Gasteiger partial charge >= 0.3 is 0 Å². The summed E-state index contributed by atoms with van der Waals surface area (Å²) in [7, 11) is 0. The van der Waals surface area contributed by atoms with Gasteiger partial charge in [0.2, 0.25) is 0 Å².